The Bertz CT molecular complexity index is 657. The van der Waals surface area contributed by atoms with Gasteiger partial charge in [0, 0.05) is 38.8 Å². The summed E-state index contributed by atoms with van der Waals surface area (Å²) >= 11 is 0. The van der Waals surface area contributed by atoms with E-state index >= 15 is 0 Å². The van der Waals surface area contributed by atoms with Crippen molar-refractivity contribution in [2.45, 2.75) is 37.7 Å². The van der Waals surface area contributed by atoms with Crippen LogP contribution in [-0.4, -0.2) is 60.2 Å². The Morgan fingerprint density at radius 2 is 1.96 bits per heavy atom. The largest absolute Gasteiger partial charge is 0.441 e. The minimum absolute atomic E-state index is 0.0790. The number of rotatable bonds is 2. The minimum atomic E-state index is -0.364. The van der Waals surface area contributed by atoms with Gasteiger partial charge in [-0.05, 0) is 37.8 Å². The van der Waals surface area contributed by atoms with E-state index < -0.39 is 0 Å². The third-order valence-corrected chi connectivity index (χ3v) is 5.47. The molecule has 3 fully saturated rings. The number of amides is 2. The van der Waals surface area contributed by atoms with Gasteiger partial charge in [0.2, 0.25) is 0 Å². The van der Waals surface area contributed by atoms with Crippen LogP contribution in [0.5, 0.6) is 0 Å². The molecular weight excluding hydrogens is 320 g/mol. The summed E-state index contributed by atoms with van der Waals surface area (Å²) in [6, 6.07) is 3.81. The van der Waals surface area contributed by atoms with Crippen molar-refractivity contribution in [2.24, 2.45) is 0 Å². The molecule has 1 aromatic rings. The molecule has 0 saturated carbocycles. The smallest absolute Gasteiger partial charge is 0.407 e. The molecule has 3 saturated heterocycles. The first-order valence-electron chi connectivity index (χ1n) is 9.12. The van der Waals surface area contributed by atoms with Crippen molar-refractivity contribution in [1.82, 2.24) is 15.2 Å². The molecule has 0 aliphatic carbocycles. The van der Waals surface area contributed by atoms with Crippen LogP contribution in [0.15, 0.2) is 18.3 Å². The second kappa shape index (κ2) is 6.54. The summed E-state index contributed by atoms with van der Waals surface area (Å²) in [5.74, 6) is 0.961. The van der Waals surface area contributed by atoms with Crippen LogP contribution in [0.3, 0.4) is 0 Å². The molecule has 3 aliphatic heterocycles. The number of carbonyl (C=O) groups is 2. The van der Waals surface area contributed by atoms with E-state index in [0.29, 0.717) is 12.1 Å². The fourth-order valence-corrected chi connectivity index (χ4v) is 3.98. The second-order valence-electron chi connectivity index (χ2n) is 7.17. The first kappa shape index (κ1) is 16.2. The van der Waals surface area contributed by atoms with Crippen LogP contribution in [0.4, 0.5) is 10.6 Å². The number of likely N-dealkylation sites (tertiary alicyclic amines) is 1. The lowest BCUT2D eigenvalue weighted by molar-refractivity contribution is 0.0473. The van der Waals surface area contributed by atoms with Gasteiger partial charge in [-0.15, -0.1) is 0 Å². The topological polar surface area (TPSA) is 74.8 Å². The van der Waals surface area contributed by atoms with Gasteiger partial charge in [0.25, 0.3) is 5.91 Å². The fourth-order valence-electron chi connectivity index (χ4n) is 3.98. The Kier molecular flexibility index (Phi) is 4.23. The first-order valence-corrected chi connectivity index (χ1v) is 9.12. The number of nitrogens with one attached hydrogen (secondary N) is 1. The number of pyridine rings is 1. The van der Waals surface area contributed by atoms with Crippen LogP contribution in [0.1, 0.15) is 42.5 Å². The zero-order valence-electron chi connectivity index (χ0n) is 14.4. The van der Waals surface area contributed by atoms with E-state index in [2.05, 4.69) is 15.2 Å². The Hall–Kier alpha value is -2.31. The lowest BCUT2D eigenvalue weighted by Crippen LogP contribution is -2.35. The first-order chi connectivity index (χ1) is 12.2. The number of hydrogen-bond acceptors (Lipinski definition) is 5. The van der Waals surface area contributed by atoms with Gasteiger partial charge in [0.15, 0.2) is 0 Å². The van der Waals surface area contributed by atoms with Gasteiger partial charge >= 0.3 is 6.09 Å². The average Bonchev–Trinajstić information content (AvgIpc) is 3.23. The van der Waals surface area contributed by atoms with Gasteiger partial charge in [0.05, 0.1) is 12.1 Å². The summed E-state index contributed by atoms with van der Waals surface area (Å²) in [5.41, 5.74) is 0.295. The maximum Gasteiger partial charge on any atom is 0.407 e. The predicted octanol–water partition coefficient (Wildman–Crippen LogP) is 1.79. The summed E-state index contributed by atoms with van der Waals surface area (Å²) in [6.45, 7) is 3.96. The molecule has 4 rings (SSSR count). The highest BCUT2D eigenvalue weighted by molar-refractivity contribution is 5.94. The zero-order valence-corrected chi connectivity index (χ0v) is 14.4. The molecule has 2 amide bonds. The van der Waals surface area contributed by atoms with Gasteiger partial charge in [-0.1, -0.05) is 0 Å². The van der Waals surface area contributed by atoms with E-state index in [1.165, 1.54) is 0 Å². The summed E-state index contributed by atoms with van der Waals surface area (Å²) < 4.78 is 5.51. The summed E-state index contributed by atoms with van der Waals surface area (Å²) in [4.78, 5) is 32.4. The van der Waals surface area contributed by atoms with Gasteiger partial charge in [0.1, 0.15) is 11.4 Å². The lowest BCUT2D eigenvalue weighted by Gasteiger charge is -2.25. The number of alkyl carbamates (subject to hydrolysis) is 1. The fraction of sp³-hybridized carbons (Fsp3) is 0.611. The number of anilines is 1. The molecule has 0 unspecified atom stereocenters. The van der Waals surface area contributed by atoms with E-state index in [1.807, 2.05) is 17.0 Å². The lowest BCUT2D eigenvalue weighted by atomic mass is 9.95. The predicted molar refractivity (Wildman–Crippen MR) is 92.7 cm³/mol. The Morgan fingerprint density at radius 1 is 1.12 bits per heavy atom. The van der Waals surface area contributed by atoms with Crippen LogP contribution in [-0.2, 0) is 4.74 Å². The summed E-state index contributed by atoms with van der Waals surface area (Å²) in [5, 5.41) is 2.77. The highest BCUT2D eigenvalue weighted by Crippen LogP contribution is 2.30. The molecule has 7 nitrogen and oxygen atoms in total. The molecule has 1 atom stereocenters. The van der Waals surface area contributed by atoms with E-state index in [1.54, 1.807) is 6.20 Å². The number of nitrogens with zero attached hydrogens (tertiary/aromatic N) is 3. The van der Waals surface area contributed by atoms with Crippen molar-refractivity contribution in [3.63, 3.8) is 0 Å². The molecule has 1 spiro atoms. The monoisotopic (exact) mass is 344 g/mol. The molecule has 1 aromatic heterocycles. The van der Waals surface area contributed by atoms with E-state index in [9.17, 15) is 9.59 Å². The van der Waals surface area contributed by atoms with Gasteiger partial charge in [-0.2, -0.15) is 0 Å². The molecule has 3 aliphatic rings. The molecule has 1 N–H and O–H groups in total. The molecule has 7 heteroatoms. The van der Waals surface area contributed by atoms with Gasteiger partial charge in [-0.25, -0.2) is 9.78 Å². The third kappa shape index (κ3) is 3.27. The quantitative estimate of drug-likeness (QED) is 0.885. The second-order valence-corrected chi connectivity index (χ2v) is 7.17. The molecule has 4 heterocycles. The zero-order chi connectivity index (χ0) is 17.3. The molecule has 0 radical (unpaired) electrons. The Morgan fingerprint density at radius 3 is 2.64 bits per heavy atom. The normalized spacial score (nSPS) is 26.5. The average molecular weight is 344 g/mol. The van der Waals surface area contributed by atoms with E-state index in [0.717, 1.165) is 64.1 Å². The van der Waals surface area contributed by atoms with Crippen molar-refractivity contribution in [2.75, 3.05) is 37.6 Å². The van der Waals surface area contributed by atoms with Gasteiger partial charge in [-0.3, -0.25) is 4.79 Å². The van der Waals surface area contributed by atoms with Crippen molar-refractivity contribution in [3.8, 4) is 0 Å². The standard InChI is InChI=1S/C18H24N4O3/c23-16(22-8-1-2-9-22)14-4-5-15(19-12-14)21-10-3-6-18(7-11-21)13-20-17(24)25-18/h4-5,12H,1-3,6-11,13H2,(H,20,24)/t18-/m0/s1. The molecule has 0 aromatic carbocycles. The SMILES string of the molecule is O=C1NC[C@@]2(CCCN(c3ccc(C(=O)N4CCCC4)cn3)CC2)O1. The number of aromatic nitrogens is 1. The Labute approximate surface area is 147 Å². The third-order valence-electron chi connectivity index (χ3n) is 5.47. The van der Waals surface area contributed by atoms with Crippen LogP contribution in [0.25, 0.3) is 0 Å². The molecule has 0 bridgehead atoms. The molecule has 25 heavy (non-hydrogen) atoms. The number of hydrogen-bond donors (Lipinski definition) is 1. The number of ether oxygens (including phenoxy) is 1. The summed E-state index contributed by atoms with van der Waals surface area (Å²) in [6.07, 6.45) is 6.17. The van der Waals surface area contributed by atoms with Crippen molar-refractivity contribution in [1.29, 1.82) is 0 Å². The van der Waals surface area contributed by atoms with Crippen LogP contribution in [0.2, 0.25) is 0 Å². The van der Waals surface area contributed by atoms with Crippen LogP contribution < -0.4 is 10.2 Å². The minimum Gasteiger partial charge on any atom is -0.441 e. The molecule has 134 valence electrons. The maximum atomic E-state index is 12.4. The van der Waals surface area contributed by atoms with Crippen molar-refractivity contribution >= 4 is 17.8 Å². The van der Waals surface area contributed by atoms with Crippen molar-refractivity contribution < 1.29 is 14.3 Å². The van der Waals surface area contributed by atoms with Crippen LogP contribution in [0, 0.1) is 0 Å². The van der Waals surface area contributed by atoms with E-state index in [-0.39, 0.29) is 17.6 Å². The maximum absolute atomic E-state index is 12.4. The molecular formula is C18H24N4O3. The van der Waals surface area contributed by atoms with Gasteiger partial charge < -0.3 is 19.9 Å². The van der Waals surface area contributed by atoms with E-state index in [4.69, 9.17) is 4.74 Å². The highest BCUT2D eigenvalue weighted by Gasteiger charge is 2.41. The number of carbonyl (C=O) groups excluding carboxylic acids is 2. The Balaban J connectivity index is 1.41. The summed E-state index contributed by atoms with van der Waals surface area (Å²) in [7, 11) is 0. The van der Waals surface area contributed by atoms with Crippen LogP contribution >= 0.6 is 0 Å². The van der Waals surface area contributed by atoms with Crippen molar-refractivity contribution in [3.05, 3.63) is 23.9 Å². The highest BCUT2D eigenvalue weighted by atomic mass is 16.6.